The first-order valence-electron chi connectivity index (χ1n) is 3.69. The van der Waals surface area contributed by atoms with Crippen LogP contribution in [0, 0.1) is 0 Å². The Balaban J connectivity index is 0. The second kappa shape index (κ2) is 8.12. The average Bonchev–Trinajstić information content (AvgIpc) is 1.97. The van der Waals surface area contributed by atoms with E-state index in [4.69, 9.17) is 0 Å². The van der Waals surface area contributed by atoms with Crippen LogP contribution in [-0.4, -0.2) is 38.1 Å². The van der Waals surface area contributed by atoms with Crippen molar-refractivity contribution in [1.29, 1.82) is 0 Å². The summed E-state index contributed by atoms with van der Waals surface area (Å²) in [5, 5.41) is 0. The average molecular weight is 218 g/mol. The molecule has 78 valence electrons. The first-order valence-corrected chi connectivity index (χ1v) is 5.26. The Kier molecular flexibility index (Phi) is 9.40. The zero-order chi connectivity index (χ0) is 10.3. The van der Waals surface area contributed by atoms with Gasteiger partial charge in [0.2, 0.25) is 0 Å². The molecule has 0 unspecified atom stereocenters. The molecule has 0 bridgehead atoms. The predicted molar refractivity (Wildman–Crippen MR) is 42.2 cm³/mol. The van der Waals surface area contributed by atoms with E-state index in [-0.39, 0.29) is 38.5 Å². The summed E-state index contributed by atoms with van der Waals surface area (Å²) in [5.41, 5.74) is 0. The number of hydrogen-bond donors (Lipinski definition) is 0. The van der Waals surface area contributed by atoms with Crippen molar-refractivity contribution in [2.75, 3.05) is 19.0 Å². The largest absolute Gasteiger partial charge is 1.00 e. The van der Waals surface area contributed by atoms with E-state index in [0.29, 0.717) is 0 Å². The van der Waals surface area contributed by atoms with Crippen molar-refractivity contribution in [1.82, 2.24) is 0 Å². The monoisotopic (exact) mass is 218 g/mol. The molecule has 0 aliphatic heterocycles. The van der Waals surface area contributed by atoms with Gasteiger partial charge in [-0.05, 0) is 13.3 Å². The number of carbonyl (C=O) groups is 1. The van der Waals surface area contributed by atoms with Crippen LogP contribution < -0.4 is 18.9 Å². The molecule has 0 aromatic carbocycles. The SMILES string of the molecule is CCOC(=O)OCCCS(=O)(=O)[O-].[Li+]. The quantitative estimate of drug-likeness (QED) is 0.213. The smallest absolute Gasteiger partial charge is 0.748 e. The molecule has 0 spiro atoms. The van der Waals surface area contributed by atoms with Gasteiger partial charge in [-0.1, -0.05) is 0 Å². The molecule has 0 aromatic heterocycles. The summed E-state index contributed by atoms with van der Waals surface area (Å²) in [7, 11) is -4.22. The Bertz CT molecular complexity index is 249. The molecule has 0 N–H and O–H groups in total. The predicted octanol–water partition coefficient (Wildman–Crippen LogP) is -2.90. The Morgan fingerprint density at radius 1 is 1.36 bits per heavy atom. The molecule has 0 amide bonds. The van der Waals surface area contributed by atoms with Gasteiger partial charge in [0.05, 0.1) is 23.3 Å². The molecule has 6 nitrogen and oxygen atoms in total. The van der Waals surface area contributed by atoms with Crippen LogP contribution in [0.1, 0.15) is 13.3 Å². The fourth-order valence-corrected chi connectivity index (χ4v) is 1.02. The topological polar surface area (TPSA) is 92.7 Å². The number of ether oxygens (including phenoxy) is 2. The Hall–Kier alpha value is -0.223. The molecule has 14 heavy (non-hydrogen) atoms. The van der Waals surface area contributed by atoms with E-state index >= 15 is 0 Å². The van der Waals surface area contributed by atoms with E-state index in [1.165, 1.54) is 0 Å². The fraction of sp³-hybridized carbons (Fsp3) is 0.833. The second-order valence-corrected chi connectivity index (χ2v) is 3.67. The fourth-order valence-electron chi connectivity index (χ4n) is 0.551. The maximum absolute atomic E-state index is 10.5. The van der Waals surface area contributed by atoms with Crippen LogP contribution in [0.2, 0.25) is 0 Å². The molecule has 0 saturated carbocycles. The molecule has 0 heterocycles. The Morgan fingerprint density at radius 3 is 2.36 bits per heavy atom. The van der Waals surface area contributed by atoms with Crippen molar-refractivity contribution < 1.29 is 46.1 Å². The van der Waals surface area contributed by atoms with Gasteiger partial charge in [0.1, 0.15) is 0 Å². The summed E-state index contributed by atoms with van der Waals surface area (Å²) in [4.78, 5) is 10.5. The van der Waals surface area contributed by atoms with Gasteiger partial charge >= 0.3 is 25.0 Å². The molecule has 8 heteroatoms. The third-order valence-electron chi connectivity index (χ3n) is 1.02. The summed E-state index contributed by atoms with van der Waals surface area (Å²) in [6.07, 6.45) is -0.865. The molecule has 0 saturated heterocycles. The minimum Gasteiger partial charge on any atom is -0.748 e. The Morgan fingerprint density at radius 2 is 1.93 bits per heavy atom. The van der Waals surface area contributed by atoms with Crippen molar-refractivity contribution in [3.05, 3.63) is 0 Å². The molecular weight excluding hydrogens is 207 g/mol. The second-order valence-electron chi connectivity index (χ2n) is 2.15. The zero-order valence-corrected chi connectivity index (χ0v) is 9.00. The van der Waals surface area contributed by atoms with E-state index in [1.54, 1.807) is 6.92 Å². The van der Waals surface area contributed by atoms with Crippen LogP contribution in [-0.2, 0) is 19.6 Å². The first kappa shape index (κ1) is 16.2. The van der Waals surface area contributed by atoms with Gasteiger partial charge in [-0.15, -0.1) is 0 Å². The Labute approximate surface area is 94.9 Å². The van der Waals surface area contributed by atoms with Gasteiger partial charge in [-0.2, -0.15) is 0 Å². The molecule has 0 aliphatic rings. The summed E-state index contributed by atoms with van der Waals surface area (Å²) in [5.74, 6) is -0.535. The van der Waals surface area contributed by atoms with E-state index < -0.39 is 22.0 Å². The van der Waals surface area contributed by atoms with Gasteiger partial charge in [0, 0.05) is 5.75 Å². The normalized spacial score (nSPS) is 10.1. The van der Waals surface area contributed by atoms with Crippen LogP contribution in [0.5, 0.6) is 0 Å². The number of carbonyl (C=O) groups excluding carboxylic acids is 1. The van der Waals surface area contributed by atoms with E-state index in [2.05, 4.69) is 9.47 Å². The third-order valence-corrected chi connectivity index (χ3v) is 1.81. The van der Waals surface area contributed by atoms with Crippen molar-refractivity contribution in [2.24, 2.45) is 0 Å². The molecule has 0 radical (unpaired) electrons. The number of hydrogen-bond acceptors (Lipinski definition) is 6. The van der Waals surface area contributed by atoms with Gasteiger partial charge in [-0.3, -0.25) is 0 Å². The minimum absolute atomic E-state index is 0. The van der Waals surface area contributed by atoms with Crippen LogP contribution in [0.25, 0.3) is 0 Å². The van der Waals surface area contributed by atoms with Gasteiger partial charge in [0.25, 0.3) is 0 Å². The van der Waals surface area contributed by atoms with Crippen molar-refractivity contribution in [2.45, 2.75) is 13.3 Å². The number of rotatable bonds is 5. The molecule has 0 atom stereocenters. The third kappa shape index (κ3) is 11.8. The first-order chi connectivity index (χ1) is 5.95. The summed E-state index contributed by atoms with van der Waals surface area (Å²) in [6, 6.07) is 0. The van der Waals surface area contributed by atoms with Crippen LogP contribution in [0.4, 0.5) is 4.79 Å². The van der Waals surface area contributed by atoms with E-state index in [0.717, 1.165) is 0 Å². The molecule has 0 rings (SSSR count). The van der Waals surface area contributed by atoms with E-state index in [9.17, 15) is 17.8 Å². The minimum atomic E-state index is -4.22. The molecule has 0 aromatic rings. The van der Waals surface area contributed by atoms with Crippen molar-refractivity contribution >= 4 is 16.3 Å². The molecule has 0 fully saturated rings. The van der Waals surface area contributed by atoms with Crippen LogP contribution in [0.15, 0.2) is 0 Å². The van der Waals surface area contributed by atoms with E-state index in [1.807, 2.05) is 0 Å². The van der Waals surface area contributed by atoms with Crippen molar-refractivity contribution in [3.8, 4) is 0 Å². The van der Waals surface area contributed by atoms with Crippen LogP contribution >= 0.6 is 0 Å². The summed E-state index contributed by atoms with van der Waals surface area (Å²) < 4.78 is 39.0. The van der Waals surface area contributed by atoms with Gasteiger partial charge in [-0.25, -0.2) is 13.2 Å². The van der Waals surface area contributed by atoms with Crippen LogP contribution in [0.3, 0.4) is 0 Å². The molecule has 0 aliphatic carbocycles. The van der Waals surface area contributed by atoms with Gasteiger partial charge < -0.3 is 14.0 Å². The van der Waals surface area contributed by atoms with Gasteiger partial charge in [0.15, 0.2) is 0 Å². The maximum Gasteiger partial charge on any atom is 1.00 e. The maximum atomic E-state index is 10.5. The zero-order valence-electron chi connectivity index (χ0n) is 8.19. The summed E-state index contributed by atoms with van der Waals surface area (Å²) >= 11 is 0. The van der Waals surface area contributed by atoms with Crippen molar-refractivity contribution in [3.63, 3.8) is 0 Å². The summed E-state index contributed by atoms with van der Waals surface area (Å²) in [6.45, 7) is 1.68. The molecular formula is C6H11LiO6S. The standard InChI is InChI=1S/C6H12O6S.Li/c1-2-11-6(7)12-4-3-5-13(8,9)10;/h2-5H2,1H3,(H,8,9,10);/q;+1/p-1.